The number of hydrogen-bond donors (Lipinski definition) is 1. The molecule has 0 bridgehead atoms. The van der Waals surface area contributed by atoms with E-state index in [2.05, 4.69) is 22.0 Å². The van der Waals surface area contributed by atoms with Crippen molar-refractivity contribution in [3.63, 3.8) is 0 Å². The SMILES string of the molecule is Cc1sc(C2C(C#N)=C(N)N(c3ccc(C(F)(F)F)cc3)C3=C2C(=O)CCC3)cc1Br. The maximum atomic E-state index is 13.0. The van der Waals surface area contributed by atoms with Gasteiger partial charge in [-0.3, -0.25) is 9.69 Å². The number of anilines is 1. The fraction of sp³-hybridized carbons (Fsp3) is 0.273. The van der Waals surface area contributed by atoms with Crippen molar-refractivity contribution < 1.29 is 18.0 Å². The van der Waals surface area contributed by atoms with E-state index in [0.717, 1.165) is 26.4 Å². The zero-order chi connectivity index (χ0) is 22.5. The molecule has 0 spiro atoms. The first kappa shape index (κ1) is 21.7. The maximum Gasteiger partial charge on any atom is 0.416 e. The number of thiophene rings is 1. The first-order valence-corrected chi connectivity index (χ1v) is 11.1. The Balaban J connectivity index is 1.91. The lowest BCUT2D eigenvalue weighted by atomic mass is 9.78. The lowest BCUT2D eigenvalue weighted by Crippen LogP contribution is -2.38. The van der Waals surface area contributed by atoms with Crippen LogP contribution in [0.2, 0.25) is 0 Å². The van der Waals surface area contributed by atoms with E-state index in [-0.39, 0.29) is 17.2 Å². The normalized spacial score (nSPS) is 19.5. The zero-order valence-electron chi connectivity index (χ0n) is 16.4. The van der Waals surface area contributed by atoms with Crippen molar-refractivity contribution in [2.45, 2.75) is 38.3 Å². The van der Waals surface area contributed by atoms with E-state index in [1.807, 2.05) is 13.0 Å². The summed E-state index contributed by atoms with van der Waals surface area (Å²) < 4.78 is 39.9. The summed E-state index contributed by atoms with van der Waals surface area (Å²) in [6.45, 7) is 1.94. The Labute approximate surface area is 189 Å². The van der Waals surface area contributed by atoms with Crippen LogP contribution >= 0.6 is 27.3 Å². The lowest BCUT2D eigenvalue weighted by Gasteiger charge is -2.39. The van der Waals surface area contributed by atoms with Crippen molar-refractivity contribution in [1.29, 1.82) is 5.26 Å². The van der Waals surface area contributed by atoms with Gasteiger partial charge in [-0.15, -0.1) is 11.3 Å². The second kappa shape index (κ2) is 7.84. The van der Waals surface area contributed by atoms with Crippen LogP contribution < -0.4 is 10.6 Å². The third kappa shape index (κ3) is 3.68. The summed E-state index contributed by atoms with van der Waals surface area (Å²) in [5, 5.41) is 9.96. The number of rotatable bonds is 2. The maximum absolute atomic E-state index is 13.0. The molecule has 2 aliphatic rings. The molecular weight excluding hydrogens is 491 g/mol. The van der Waals surface area contributed by atoms with Crippen LogP contribution in [0.25, 0.3) is 0 Å². The first-order chi connectivity index (χ1) is 14.6. The number of carbonyl (C=O) groups excluding carboxylic acids is 1. The number of allylic oxidation sites excluding steroid dienone is 3. The predicted octanol–water partition coefficient (Wildman–Crippen LogP) is 6.14. The average Bonchev–Trinajstić information content (AvgIpc) is 3.05. The number of nitrogens with two attached hydrogens (primary N) is 1. The van der Waals surface area contributed by atoms with Gasteiger partial charge in [0.25, 0.3) is 0 Å². The molecule has 0 radical (unpaired) electrons. The van der Waals surface area contributed by atoms with Gasteiger partial charge in [-0.05, 0) is 66.0 Å². The molecular formula is C22H17BrF3N3OS. The molecule has 2 aromatic rings. The molecule has 1 aromatic heterocycles. The van der Waals surface area contributed by atoms with E-state index in [4.69, 9.17) is 5.73 Å². The standard InChI is InChI=1S/C22H17BrF3N3OS/c1-11-15(23)9-18(31-11)19-14(10-27)21(28)29(16-3-2-4-17(30)20(16)19)13-7-5-12(6-8-13)22(24,25)26/h5-9,19H,2-4,28H2,1H3. The van der Waals surface area contributed by atoms with Crippen molar-refractivity contribution >= 4 is 38.7 Å². The Hall–Kier alpha value is -2.57. The van der Waals surface area contributed by atoms with Crippen molar-refractivity contribution in [2.75, 3.05) is 4.90 Å². The first-order valence-electron chi connectivity index (χ1n) is 9.52. The summed E-state index contributed by atoms with van der Waals surface area (Å²) >= 11 is 4.97. The van der Waals surface area contributed by atoms with E-state index < -0.39 is 17.7 Å². The molecule has 1 aromatic carbocycles. The van der Waals surface area contributed by atoms with Gasteiger partial charge in [-0.2, -0.15) is 18.4 Å². The average molecular weight is 508 g/mol. The molecule has 160 valence electrons. The smallest absolute Gasteiger partial charge is 0.384 e. The third-order valence-corrected chi connectivity index (χ3v) is 7.73. The van der Waals surface area contributed by atoms with Gasteiger partial charge in [-0.25, -0.2) is 0 Å². The largest absolute Gasteiger partial charge is 0.416 e. The minimum atomic E-state index is -4.46. The molecule has 4 nitrogen and oxygen atoms in total. The van der Waals surface area contributed by atoms with Gasteiger partial charge in [0.05, 0.1) is 23.1 Å². The number of carbonyl (C=O) groups is 1. The van der Waals surface area contributed by atoms with Crippen LogP contribution in [0.3, 0.4) is 0 Å². The minimum Gasteiger partial charge on any atom is -0.384 e. The van der Waals surface area contributed by atoms with Crippen molar-refractivity contribution in [3.05, 3.63) is 72.8 Å². The minimum absolute atomic E-state index is 0.0643. The number of halogens is 4. The molecule has 4 rings (SSSR count). The Morgan fingerprint density at radius 1 is 1.26 bits per heavy atom. The molecule has 0 saturated carbocycles. The number of nitriles is 1. The van der Waals surface area contributed by atoms with Crippen molar-refractivity contribution in [2.24, 2.45) is 5.73 Å². The van der Waals surface area contributed by atoms with Gasteiger partial charge in [-0.1, -0.05) is 0 Å². The quantitative estimate of drug-likeness (QED) is 0.529. The number of hydrogen-bond acceptors (Lipinski definition) is 5. The molecule has 2 heterocycles. The molecule has 1 atom stereocenters. The van der Waals surface area contributed by atoms with Gasteiger partial charge in [0.15, 0.2) is 5.78 Å². The van der Waals surface area contributed by atoms with Crippen LogP contribution in [-0.2, 0) is 11.0 Å². The highest BCUT2D eigenvalue weighted by atomic mass is 79.9. The van der Waals surface area contributed by atoms with E-state index in [1.54, 1.807) is 4.90 Å². The van der Waals surface area contributed by atoms with Crippen LogP contribution in [-0.4, -0.2) is 5.78 Å². The molecule has 1 unspecified atom stereocenters. The van der Waals surface area contributed by atoms with Gasteiger partial charge in [0.2, 0.25) is 0 Å². The highest BCUT2D eigenvalue weighted by Gasteiger charge is 2.41. The second-order valence-corrected chi connectivity index (χ2v) is 9.56. The molecule has 1 aliphatic carbocycles. The van der Waals surface area contributed by atoms with Crippen LogP contribution in [0.15, 0.2) is 57.5 Å². The Kier molecular flexibility index (Phi) is 5.48. The molecule has 31 heavy (non-hydrogen) atoms. The van der Waals surface area contributed by atoms with E-state index in [1.165, 1.54) is 23.5 Å². The fourth-order valence-corrected chi connectivity index (χ4v) is 5.77. The summed E-state index contributed by atoms with van der Waals surface area (Å²) in [4.78, 5) is 16.4. The number of Topliss-reactive ketones (excluding diaryl/α,β-unsaturated/α-hetero) is 1. The van der Waals surface area contributed by atoms with E-state index >= 15 is 0 Å². The number of benzene rings is 1. The molecule has 0 amide bonds. The van der Waals surface area contributed by atoms with Crippen LogP contribution in [0.5, 0.6) is 0 Å². The second-order valence-electron chi connectivity index (χ2n) is 7.41. The number of aryl methyl sites for hydroxylation is 1. The van der Waals surface area contributed by atoms with E-state index in [0.29, 0.717) is 36.2 Å². The monoisotopic (exact) mass is 507 g/mol. The van der Waals surface area contributed by atoms with Gasteiger partial charge in [0.1, 0.15) is 5.82 Å². The topological polar surface area (TPSA) is 70.1 Å². The summed E-state index contributed by atoms with van der Waals surface area (Å²) in [6.07, 6.45) is -2.94. The Morgan fingerprint density at radius 3 is 2.48 bits per heavy atom. The Morgan fingerprint density at radius 2 is 1.94 bits per heavy atom. The predicted molar refractivity (Wildman–Crippen MR) is 116 cm³/mol. The molecule has 9 heteroatoms. The van der Waals surface area contributed by atoms with Crippen molar-refractivity contribution in [3.8, 4) is 6.07 Å². The number of ketones is 1. The Bertz CT molecular complexity index is 1150. The van der Waals surface area contributed by atoms with Gasteiger partial charge >= 0.3 is 6.18 Å². The summed E-state index contributed by atoms with van der Waals surface area (Å²) in [7, 11) is 0. The molecule has 0 saturated heterocycles. The summed E-state index contributed by atoms with van der Waals surface area (Å²) in [5.74, 6) is -0.498. The number of nitrogens with zero attached hydrogens (tertiary/aromatic N) is 2. The molecule has 0 fully saturated rings. The highest BCUT2D eigenvalue weighted by molar-refractivity contribution is 9.10. The van der Waals surface area contributed by atoms with Crippen LogP contribution in [0, 0.1) is 18.3 Å². The lowest BCUT2D eigenvalue weighted by molar-refractivity contribution is -0.137. The zero-order valence-corrected chi connectivity index (χ0v) is 18.8. The van der Waals surface area contributed by atoms with Crippen molar-refractivity contribution in [1.82, 2.24) is 0 Å². The van der Waals surface area contributed by atoms with Crippen LogP contribution in [0.4, 0.5) is 18.9 Å². The van der Waals surface area contributed by atoms with Gasteiger partial charge in [0, 0.05) is 37.6 Å². The number of alkyl halides is 3. The molecule has 1 aliphatic heterocycles. The molecule has 2 N–H and O–H groups in total. The highest BCUT2D eigenvalue weighted by Crippen LogP contribution is 2.48. The van der Waals surface area contributed by atoms with Gasteiger partial charge < -0.3 is 5.73 Å². The third-order valence-electron chi connectivity index (χ3n) is 5.53. The summed E-state index contributed by atoms with van der Waals surface area (Å²) in [6, 6.07) is 8.65. The fourth-order valence-electron chi connectivity index (χ4n) is 4.09. The summed E-state index contributed by atoms with van der Waals surface area (Å²) in [5.41, 5.74) is 7.42. The van der Waals surface area contributed by atoms with Crippen LogP contribution in [0.1, 0.15) is 40.5 Å². The van der Waals surface area contributed by atoms with E-state index in [9.17, 15) is 23.2 Å².